The number of hydrogen-bond donors (Lipinski definition) is 2. The summed E-state index contributed by atoms with van der Waals surface area (Å²) in [5.74, 6) is 0. The molecule has 0 saturated heterocycles. The fraction of sp³-hybridized carbons (Fsp3) is 0.111. The van der Waals surface area contributed by atoms with Gasteiger partial charge in [0.15, 0.2) is 0 Å². The summed E-state index contributed by atoms with van der Waals surface area (Å²) < 4.78 is 0. The molecule has 2 aromatic heterocycles. The number of aromatic nitrogens is 2. The zero-order valence-electron chi connectivity index (χ0n) is 7.57. The summed E-state index contributed by atoms with van der Waals surface area (Å²) in [5.41, 5.74) is 6.23. The number of aromatic amines is 1. The number of nitrogens with one attached hydrogen (secondary N) is 1. The Morgan fingerprint density at radius 1 is 1.50 bits per heavy atom. The fourth-order valence-electron chi connectivity index (χ4n) is 1.18. The van der Waals surface area contributed by atoms with E-state index in [0.29, 0.717) is 5.56 Å². The molecule has 2 heterocycles. The standard InChI is InChI=1S/C9H9N3OS/c1-5-2-3-7(14-5)6-4-11-12-9(13)8(6)10/h2-4H,1H3,(H2,10,11)(H,12,13). The minimum atomic E-state index is -0.339. The zero-order chi connectivity index (χ0) is 10.1. The molecule has 2 rings (SSSR count). The number of nitrogens with zero attached hydrogens (tertiary/aromatic N) is 1. The van der Waals surface area contributed by atoms with Crippen LogP contribution in [0.25, 0.3) is 10.4 Å². The predicted octanol–water partition coefficient (Wildman–Crippen LogP) is 1.39. The lowest BCUT2D eigenvalue weighted by molar-refractivity contribution is 0.996. The second-order valence-corrected chi connectivity index (χ2v) is 4.22. The molecule has 0 aliphatic heterocycles. The summed E-state index contributed by atoms with van der Waals surface area (Å²) in [6.07, 6.45) is 1.57. The van der Waals surface area contributed by atoms with E-state index in [1.807, 2.05) is 19.1 Å². The van der Waals surface area contributed by atoms with Gasteiger partial charge in [0.05, 0.1) is 6.20 Å². The number of aryl methyl sites for hydroxylation is 1. The van der Waals surface area contributed by atoms with Crippen LogP contribution in [0.2, 0.25) is 0 Å². The highest BCUT2D eigenvalue weighted by Crippen LogP contribution is 2.29. The Labute approximate surface area is 84.4 Å². The predicted molar refractivity (Wildman–Crippen MR) is 57.3 cm³/mol. The number of nitrogens with two attached hydrogens (primary N) is 1. The molecule has 0 fully saturated rings. The average molecular weight is 207 g/mol. The summed E-state index contributed by atoms with van der Waals surface area (Å²) in [4.78, 5) is 13.3. The van der Waals surface area contributed by atoms with Gasteiger partial charge in [-0.2, -0.15) is 5.10 Å². The second kappa shape index (κ2) is 3.26. The second-order valence-electron chi connectivity index (χ2n) is 2.94. The summed E-state index contributed by atoms with van der Waals surface area (Å²) >= 11 is 1.59. The van der Waals surface area contributed by atoms with Gasteiger partial charge in [0, 0.05) is 15.3 Å². The van der Waals surface area contributed by atoms with Crippen LogP contribution in [0.4, 0.5) is 5.69 Å². The maximum absolute atomic E-state index is 11.2. The van der Waals surface area contributed by atoms with Gasteiger partial charge >= 0.3 is 0 Å². The zero-order valence-corrected chi connectivity index (χ0v) is 8.39. The molecule has 0 saturated carbocycles. The minimum Gasteiger partial charge on any atom is -0.394 e. The molecule has 0 bridgehead atoms. The third kappa shape index (κ3) is 1.42. The number of nitrogen functional groups attached to an aromatic ring is 1. The van der Waals surface area contributed by atoms with Gasteiger partial charge in [0.2, 0.25) is 0 Å². The van der Waals surface area contributed by atoms with Crippen LogP contribution in [0.15, 0.2) is 23.1 Å². The van der Waals surface area contributed by atoms with E-state index in [9.17, 15) is 4.79 Å². The van der Waals surface area contributed by atoms with Gasteiger partial charge in [-0.1, -0.05) is 0 Å². The van der Waals surface area contributed by atoms with Crippen molar-refractivity contribution < 1.29 is 0 Å². The summed E-state index contributed by atoms with van der Waals surface area (Å²) in [6, 6.07) is 3.92. The van der Waals surface area contributed by atoms with E-state index in [-0.39, 0.29) is 11.2 Å². The molecule has 0 atom stereocenters. The van der Waals surface area contributed by atoms with Gasteiger partial charge < -0.3 is 5.73 Å². The third-order valence-corrected chi connectivity index (χ3v) is 2.93. The van der Waals surface area contributed by atoms with Crippen molar-refractivity contribution in [3.8, 4) is 10.4 Å². The topological polar surface area (TPSA) is 71.8 Å². The van der Waals surface area contributed by atoms with E-state index in [1.165, 1.54) is 4.88 Å². The molecule has 72 valence electrons. The Morgan fingerprint density at radius 3 is 2.93 bits per heavy atom. The lowest BCUT2D eigenvalue weighted by Crippen LogP contribution is -2.13. The minimum absolute atomic E-state index is 0.224. The monoisotopic (exact) mass is 207 g/mol. The Bertz CT molecular complexity index is 515. The molecular weight excluding hydrogens is 198 g/mol. The molecule has 2 aromatic rings. The maximum Gasteiger partial charge on any atom is 0.287 e. The van der Waals surface area contributed by atoms with Crippen LogP contribution in [-0.2, 0) is 0 Å². The number of anilines is 1. The van der Waals surface area contributed by atoms with Gasteiger partial charge in [0.25, 0.3) is 5.56 Å². The fourth-order valence-corrected chi connectivity index (χ4v) is 2.07. The van der Waals surface area contributed by atoms with Crippen molar-refractivity contribution in [1.82, 2.24) is 10.2 Å². The van der Waals surface area contributed by atoms with Gasteiger partial charge in [0.1, 0.15) is 5.69 Å². The molecule has 0 aliphatic carbocycles. The maximum atomic E-state index is 11.2. The first kappa shape index (κ1) is 8.96. The highest BCUT2D eigenvalue weighted by molar-refractivity contribution is 7.15. The van der Waals surface area contributed by atoms with Crippen molar-refractivity contribution in [2.24, 2.45) is 0 Å². The van der Waals surface area contributed by atoms with Crippen molar-refractivity contribution in [3.63, 3.8) is 0 Å². The molecule has 14 heavy (non-hydrogen) atoms. The van der Waals surface area contributed by atoms with Gasteiger partial charge in [-0.15, -0.1) is 11.3 Å². The van der Waals surface area contributed by atoms with Gasteiger partial charge in [-0.05, 0) is 19.1 Å². The van der Waals surface area contributed by atoms with Crippen LogP contribution in [-0.4, -0.2) is 10.2 Å². The van der Waals surface area contributed by atoms with Gasteiger partial charge in [-0.3, -0.25) is 4.79 Å². The molecule has 0 radical (unpaired) electrons. The van der Waals surface area contributed by atoms with E-state index in [4.69, 9.17) is 5.73 Å². The highest BCUT2D eigenvalue weighted by Gasteiger charge is 2.07. The molecule has 0 aliphatic rings. The quantitative estimate of drug-likeness (QED) is 0.742. The first-order valence-electron chi connectivity index (χ1n) is 4.08. The molecule has 0 spiro atoms. The normalized spacial score (nSPS) is 10.4. The van der Waals surface area contributed by atoms with Crippen LogP contribution in [0.3, 0.4) is 0 Å². The number of rotatable bonds is 1. The molecule has 0 amide bonds. The Balaban J connectivity index is 2.63. The van der Waals surface area contributed by atoms with Crippen LogP contribution in [0, 0.1) is 6.92 Å². The molecule has 0 aromatic carbocycles. The van der Waals surface area contributed by atoms with Crippen LogP contribution in [0.5, 0.6) is 0 Å². The van der Waals surface area contributed by atoms with E-state index in [2.05, 4.69) is 10.2 Å². The molecule has 0 unspecified atom stereocenters. The molecule has 3 N–H and O–H groups in total. The summed E-state index contributed by atoms with van der Waals surface area (Å²) in [7, 11) is 0. The smallest absolute Gasteiger partial charge is 0.287 e. The Kier molecular flexibility index (Phi) is 2.09. The largest absolute Gasteiger partial charge is 0.394 e. The Hall–Kier alpha value is -1.62. The van der Waals surface area contributed by atoms with E-state index in [1.54, 1.807) is 17.5 Å². The summed E-state index contributed by atoms with van der Waals surface area (Å²) in [5, 5.41) is 6.01. The number of hydrogen-bond acceptors (Lipinski definition) is 4. The van der Waals surface area contributed by atoms with E-state index >= 15 is 0 Å². The third-order valence-electron chi connectivity index (χ3n) is 1.90. The van der Waals surface area contributed by atoms with Crippen LogP contribution >= 0.6 is 11.3 Å². The van der Waals surface area contributed by atoms with Crippen molar-refractivity contribution in [2.75, 3.05) is 5.73 Å². The van der Waals surface area contributed by atoms with Crippen molar-refractivity contribution >= 4 is 17.0 Å². The van der Waals surface area contributed by atoms with Crippen molar-refractivity contribution in [3.05, 3.63) is 33.6 Å². The van der Waals surface area contributed by atoms with Crippen molar-refractivity contribution in [2.45, 2.75) is 6.92 Å². The van der Waals surface area contributed by atoms with Gasteiger partial charge in [-0.25, -0.2) is 5.10 Å². The number of H-pyrrole nitrogens is 1. The number of thiophene rings is 1. The Morgan fingerprint density at radius 2 is 2.29 bits per heavy atom. The van der Waals surface area contributed by atoms with E-state index < -0.39 is 0 Å². The first-order chi connectivity index (χ1) is 6.68. The first-order valence-corrected chi connectivity index (χ1v) is 4.90. The summed E-state index contributed by atoms with van der Waals surface area (Å²) in [6.45, 7) is 2.00. The van der Waals surface area contributed by atoms with Crippen LogP contribution in [0.1, 0.15) is 4.88 Å². The average Bonchev–Trinajstić information content (AvgIpc) is 2.57. The molecular formula is C9H9N3OS. The molecule has 4 nitrogen and oxygen atoms in total. The molecule has 5 heteroatoms. The SMILES string of the molecule is Cc1ccc(-c2cn[nH]c(=O)c2N)s1. The van der Waals surface area contributed by atoms with Crippen LogP contribution < -0.4 is 11.3 Å². The lowest BCUT2D eigenvalue weighted by atomic mass is 10.2. The van der Waals surface area contributed by atoms with Crippen molar-refractivity contribution in [1.29, 1.82) is 0 Å². The van der Waals surface area contributed by atoms with E-state index in [0.717, 1.165) is 4.88 Å². The highest BCUT2D eigenvalue weighted by atomic mass is 32.1. The lowest BCUT2D eigenvalue weighted by Gasteiger charge is -1.99.